The van der Waals surface area contributed by atoms with E-state index in [2.05, 4.69) is 0 Å². The number of hydrogen-bond acceptors (Lipinski definition) is 14. The van der Waals surface area contributed by atoms with Gasteiger partial charge in [-0.25, -0.2) is 4.79 Å². The summed E-state index contributed by atoms with van der Waals surface area (Å²) >= 11 is 0. The molecule has 1 aliphatic heterocycles. The van der Waals surface area contributed by atoms with Gasteiger partial charge in [0, 0.05) is 61.1 Å². The molecule has 0 unspecified atom stereocenters. The number of esters is 5. The van der Waals surface area contributed by atoms with Crippen molar-refractivity contribution in [3.63, 3.8) is 0 Å². The van der Waals surface area contributed by atoms with Crippen molar-refractivity contribution in [1.29, 1.82) is 0 Å². The highest BCUT2D eigenvalue weighted by Crippen LogP contribution is 2.40. The predicted molar refractivity (Wildman–Crippen MR) is 148 cm³/mol. The first-order valence-corrected chi connectivity index (χ1v) is 13.8. The molecular formula is C28H40N2O14. The molecule has 0 saturated heterocycles. The highest BCUT2D eigenvalue weighted by Gasteiger charge is 2.50. The molecule has 246 valence electrons. The average molecular weight is 629 g/mol. The van der Waals surface area contributed by atoms with Crippen molar-refractivity contribution in [3.8, 4) is 5.88 Å². The maximum Gasteiger partial charge on any atom is 0.333 e. The van der Waals surface area contributed by atoms with E-state index in [1.54, 1.807) is 0 Å². The highest BCUT2D eigenvalue weighted by molar-refractivity contribution is 5.69. The Bertz CT molecular complexity index is 1360. The lowest BCUT2D eigenvalue weighted by molar-refractivity contribution is -0.207. The minimum atomic E-state index is -1.75. The average Bonchev–Trinajstić information content (AvgIpc) is 2.91. The minimum Gasteiger partial charge on any atom is -0.462 e. The van der Waals surface area contributed by atoms with Crippen LogP contribution in [-0.4, -0.2) is 82.9 Å². The number of carbonyl (C=O) groups is 5. The molecule has 16 nitrogen and oxygen atoms in total. The van der Waals surface area contributed by atoms with E-state index in [4.69, 9.17) is 33.2 Å². The van der Waals surface area contributed by atoms with Gasteiger partial charge in [-0.1, -0.05) is 13.8 Å². The Balaban J connectivity index is 2.89. The molecule has 0 aromatic carbocycles. The summed E-state index contributed by atoms with van der Waals surface area (Å²) in [4.78, 5) is 87.5. The maximum atomic E-state index is 13.6. The second-order valence-electron chi connectivity index (χ2n) is 10.7. The number of fused-ring (bicyclic) bond motifs is 1. The van der Waals surface area contributed by atoms with E-state index in [0.29, 0.717) is 0 Å². The largest absolute Gasteiger partial charge is 0.462 e. The van der Waals surface area contributed by atoms with Gasteiger partial charge in [0.1, 0.15) is 12.7 Å². The van der Waals surface area contributed by atoms with Crippen molar-refractivity contribution < 1.29 is 57.1 Å². The highest BCUT2D eigenvalue weighted by atomic mass is 16.7. The first-order valence-electron chi connectivity index (χ1n) is 13.8. The summed E-state index contributed by atoms with van der Waals surface area (Å²) in [5.74, 6) is -5.68. The van der Waals surface area contributed by atoms with Crippen LogP contribution in [0.5, 0.6) is 5.88 Å². The van der Waals surface area contributed by atoms with Gasteiger partial charge < -0.3 is 33.2 Å². The Hall–Kier alpha value is -4.21. The van der Waals surface area contributed by atoms with Crippen molar-refractivity contribution in [3.05, 3.63) is 26.4 Å². The van der Waals surface area contributed by atoms with Crippen LogP contribution in [0.4, 0.5) is 0 Å². The van der Waals surface area contributed by atoms with Gasteiger partial charge in [-0.3, -0.25) is 37.9 Å². The van der Waals surface area contributed by atoms with E-state index in [1.807, 2.05) is 13.8 Å². The zero-order valence-corrected chi connectivity index (χ0v) is 26.3. The molecule has 0 spiro atoms. The standard InChI is InChI=1S/C28H40N2O14/c1-13(2)11-39-21-10-19(22-26(36)29(8)28(37)30(9)27(22)44-21)23(41-16(5)33)25(43-18(7)35)24(42-17(6)34)20(40-15(4)32)12-38-14(3)31/h13,19-21,23-25H,10-12H2,1-9H3/t19-,20-,21+,23+,24+,25-/m1/s1. The van der Waals surface area contributed by atoms with E-state index >= 15 is 0 Å². The number of carbonyl (C=O) groups excluding carboxylic acids is 5. The lowest BCUT2D eigenvalue weighted by Crippen LogP contribution is -2.56. The van der Waals surface area contributed by atoms with Gasteiger partial charge in [-0.05, 0) is 5.92 Å². The van der Waals surface area contributed by atoms with Crippen LogP contribution in [0.1, 0.15) is 66.4 Å². The molecule has 44 heavy (non-hydrogen) atoms. The first-order chi connectivity index (χ1) is 20.4. The fourth-order valence-corrected chi connectivity index (χ4v) is 4.75. The normalized spacial score (nSPS) is 18.5. The van der Waals surface area contributed by atoms with E-state index in [9.17, 15) is 33.6 Å². The molecule has 1 aromatic heterocycles. The minimum absolute atomic E-state index is 0.0584. The number of ether oxygens (including phenoxy) is 7. The Morgan fingerprint density at radius 3 is 1.82 bits per heavy atom. The molecule has 0 radical (unpaired) electrons. The molecule has 2 heterocycles. The Labute approximate surface area is 253 Å². The van der Waals surface area contributed by atoms with Crippen LogP contribution >= 0.6 is 0 Å². The maximum absolute atomic E-state index is 13.6. The molecule has 6 atom stereocenters. The zero-order chi connectivity index (χ0) is 33.5. The number of rotatable bonds is 13. The van der Waals surface area contributed by atoms with Gasteiger partial charge in [0.15, 0.2) is 18.3 Å². The lowest BCUT2D eigenvalue weighted by Gasteiger charge is -2.41. The van der Waals surface area contributed by atoms with E-state index in [0.717, 1.165) is 43.8 Å². The fraction of sp³-hybridized carbons (Fsp3) is 0.679. The second-order valence-corrected chi connectivity index (χ2v) is 10.7. The topological polar surface area (TPSA) is 194 Å². The molecule has 0 fully saturated rings. The third-order valence-electron chi connectivity index (χ3n) is 6.40. The molecule has 1 aliphatic rings. The van der Waals surface area contributed by atoms with Gasteiger partial charge in [0.05, 0.1) is 12.2 Å². The van der Waals surface area contributed by atoms with Crippen LogP contribution in [0, 0.1) is 5.92 Å². The van der Waals surface area contributed by atoms with Gasteiger partial charge in [0.2, 0.25) is 12.2 Å². The molecule has 0 saturated carbocycles. The van der Waals surface area contributed by atoms with Crippen molar-refractivity contribution in [2.45, 2.75) is 91.5 Å². The van der Waals surface area contributed by atoms with Crippen LogP contribution in [0.15, 0.2) is 9.59 Å². The van der Waals surface area contributed by atoms with Crippen LogP contribution in [-0.2, 0) is 66.5 Å². The summed E-state index contributed by atoms with van der Waals surface area (Å²) in [6.07, 6.45) is -7.86. The van der Waals surface area contributed by atoms with Crippen molar-refractivity contribution >= 4 is 29.8 Å². The van der Waals surface area contributed by atoms with Crippen molar-refractivity contribution in [2.75, 3.05) is 13.2 Å². The van der Waals surface area contributed by atoms with Gasteiger partial charge in [0.25, 0.3) is 5.56 Å². The lowest BCUT2D eigenvalue weighted by atomic mass is 9.83. The second kappa shape index (κ2) is 15.5. The van der Waals surface area contributed by atoms with Crippen LogP contribution in [0.3, 0.4) is 0 Å². The predicted octanol–water partition coefficient (Wildman–Crippen LogP) is 0.239. The first kappa shape index (κ1) is 36.0. The fourth-order valence-electron chi connectivity index (χ4n) is 4.75. The third-order valence-corrected chi connectivity index (χ3v) is 6.40. The Kier molecular flexibility index (Phi) is 12.7. The molecule has 1 aromatic rings. The summed E-state index contributed by atoms with van der Waals surface area (Å²) in [5, 5.41) is 0. The zero-order valence-electron chi connectivity index (χ0n) is 26.3. The van der Waals surface area contributed by atoms with Crippen molar-refractivity contribution in [1.82, 2.24) is 9.13 Å². The summed E-state index contributed by atoms with van der Waals surface area (Å²) < 4.78 is 40.8. The molecule has 2 rings (SSSR count). The van der Waals surface area contributed by atoms with Gasteiger partial charge >= 0.3 is 35.5 Å². The number of nitrogens with zero attached hydrogens (tertiary/aromatic N) is 2. The quantitative estimate of drug-likeness (QED) is 0.213. The molecule has 0 bridgehead atoms. The van der Waals surface area contributed by atoms with Crippen LogP contribution in [0.25, 0.3) is 0 Å². The Morgan fingerprint density at radius 2 is 1.32 bits per heavy atom. The van der Waals surface area contributed by atoms with Gasteiger partial charge in [-0.2, -0.15) is 0 Å². The van der Waals surface area contributed by atoms with E-state index in [1.165, 1.54) is 14.1 Å². The summed E-state index contributed by atoms with van der Waals surface area (Å²) in [6.45, 7) is 8.61. The van der Waals surface area contributed by atoms with Gasteiger partial charge in [-0.15, -0.1) is 0 Å². The Morgan fingerprint density at radius 1 is 0.773 bits per heavy atom. The van der Waals surface area contributed by atoms with E-state index < -0.39 is 84.3 Å². The summed E-state index contributed by atoms with van der Waals surface area (Å²) in [6, 6.07) is 0. The monoisotopic (exact) mass is 628 g/mol. The molecule has 0 aliphatic carbocycles. The molecule has 0 N–H and O–H groups in total. The SMILES string of the molecule is CC(=O)OC[C@@H](OC(C)=O)[C@H](OC(C)=O)[C@H](OC(C)=O)[C@@H](OC(C)=O)[C@@H]1C[C@@H](OCC(C)C)Oc2c1c(=O)n(C)c(=O)n2C. The summed E-state index contributed by atoms with van der Waals surface area (Å²) in [7, 11) is 2.61. The smallest absolute Gasteiger partial charge is 0.333 e. The number of aromatic nitrogens is 2. The molecular weight excluding hydrogens is 588 g/mol. The van der Waals surface area contributed by atoms with Crippen LogP contribution in [0.2, 0.25) is 0 Å². The summed E-state index contributed by atoms with van der Waals surface area (Å²) in [5.41, 5.74) is -1.63. The van der Waals surface area contributed by atoms with Crippen LogP contribution < -0.4 is 16.0 Å². The molecule has 16 heteroatoms. The van der Waals surface area contributed by atoms with E-state index in [-0.39, 0.29) is 30.4 Å². The molecule has 0 amide bonds. The third kappa shape index (κ3) is 9.39. The van der Waals surface area contributed by atoms with Crippen molar-refractivity contribution in [2.24, 2.45) is 20.0 Å². The number of hydrogen-bond donors (Lipinski definition) is 0.